The van der Waals surface area contributed by atoms with Crippen molar-refractivity contribution in [3.63, 3.8) is 0 Å². The molecule has 1 atom stereocenters. The summed E-state index contributed by atoms with van der Waals surface area (Å²) in [5, 5.41) is 0. The van der Waals surface area contributed by atoms with Gasteiger partial charge in [-0.15, -0.1) is 0 Å². The molecule has 1 unspecified atom stereocenters. The molecule has 0 radical (unpaired) electrons. The van der Waals surface area contributed by atoms with Crippen molar-refractivity contribution >= 4 is 11.5 Å². The van der Waals surface area contributed by atoms with Gasteiger partial charge in [0, 0.05) is 12.1 Å². The second-order valence-electron chi connectivity index (χ2n) is 5.73. The highest BCUT2D eigenvalue weighted by atomic mass is 16.1. The van der Waals surface area contributed by atoms with Crippen LogP contribution in [0.4, 0.5) is 5.69 Å². The summed E-state index contributed by atoms with van der Waals surface area (Å²) in [6.45, 7) is 4.36. The van der Waals surface area contributed by atoms with Gasteiger partial charge in [0.1, 0.15) is 5.78 Å². The van der Waals surface area contributed by atoms with Crippen molar-refractivity contribution in [3.8, 4) is 0 Å². The van der Waals surface area contributed by atoms with E-state index in [9.17, 15) is 4.79 Å². The van der Waals surface area contributed by atoms with Crippen molar-refractivity contribution in [2.45, 2.75) is 51.4 Å². The molecule has 1 aromatic rings. The molecule has 1 aliphatic rings. The third-order valence-corrected chi connectivity index (χ3v) is 4.06. The molecule has 0 aromatic heterocycles. The maximum Gasteiger partial charge on any atom is 0.143 e. The molecule has 0 saturated heterocycles. The lowest BCUT2D eigenvalue weighted by atomic mass is 9.85. The first kappa shape index (κ1) is 13.1. The molecular weight excluding hydrogens is 222 g/mol. The van der Waals surface area contributed by atoms with Crippen LogP contribution in [0.1, 0.15) is 51.5 Å². The summed E-state index contributed by atoms with van der Waals surface area (Å²) in [7, 11) is 0. The topological polar surface area (TPSA) is 43.1 Å². The molecular formula is C16H23NO. The van der Waals surface area contributed by atoms with Gasteiger partial charge in [-0.3, -0.25) is 4.79 Å². The zero-order chi connectivity index (χ0) is 13.2. The first-order chi connectivity index (χ1) is 8.58. The lowest BCUT2D eigenvalue weighted by Crippen LogP contribution is -2.22. The molecule has 1 aromatic carbocycles. The van der Waals surface area contributed by atoms with Crippen LogP contribution in [-0.4, -0.2) is 5.78 Å². The first-order valence-electron chi connectivity index (χ1n) is 6.98. The summed E-state index contributed by atoms with van der Waals surface area (Å²) < 4.78 is 0. The lowest BCUT2D eigenvalue weighted by Gasteiger charge is -2.17. The Balaban J connectivity index is 2.07. The van der Waals surface area contributed by atoms with Gasteiger partial charge < -0.3 is 5.73 Å². The molecule has 0 spiro atoms. The molecule has 0 heterocycles. The Bertz CT molecular complexity index is 417. The molecule has 98 valence electrons. The van der Waals surface area contributed by atoms with Crippen molar-refractivity contribution in [1.29, 1.82) is 0 Å². The highest BCUT2D eigenvalue weighted by Gasteiger charge is 2.50. The Labute approximate surface area is 110 Å². The van der Waals surface area contributed by atoms with Crippen LogP contribution in [0.3, 0.4) is 0 Å². The van der Waals surface area contributed by atoms with E-state index in [-0.39, 0.29) is 5.41 Å². The van der Waals surface area contributed by atoms with E-state index < -0.39 is 0 Å². The maximum absolute atomic E-state index is 12.5. The Morgan fingerprint density at radius 2 is 1.94 bits per heavy atom. The summed E-state index contributed by atoms with van der Waals surface area (Å²) >= 11 is 0. The lowest BCUT2D eigenvalue weighted by molar-refractivity contribution is -0.122. The summed E-state index contributed by atoms with van der Waals surface area (Å²) in [6.07, 6.45) is 5.04. The van der Waals surface area contributed by atoms with E-state index in [2.05, 4.69) is 13.8 Å². The second kappa shape index (κ2) is 5.13. The van der Waals surface area contributed by atoms with Crippen LogP contribution in [0.25, 0.3) is 0 Å². The minimum atomic E-state index is -0.171. The predicted octanol–water partition coefficient (Wildman–Crippen LogP) is 3.70. The van der Waals surface area contributed by atoms with Crippen molar-refractivity contribution in [2.75, 3.05) is 5.73 Å². The van der Waals surface area contributed by atoms with Gasteiger partial charge >= 0.3 is 0 Å². The molecule has 2 heteroatoms. The normalized spacial score (nSPS) is 18.3. The number of carbonyl (C=O) groups is 1. The van der Waals surface area contributed by atoms with E-state index in [0.29, 0.717) is 11.7 Å². The number of hydrogen-bond donors (Lipinski definition) is 1. The highest BCUT2D eigenvalue weighted by molar-refractivity contribution is 5.93. The van der Waals surface area contributed by atoms with Gasteiger partial charge in [-0.1, -0.05) is 38.8 Å². The fraction of sp³-hybridized carbons (Fsp3) is 0.562. The molecule has 2 N–H and O–H groups in total. The number of benzene rings is 1. The van der Waals surface area contributed by atoms with Gasteiger partial charge in [-0.2, -0.15) is 0 Å². The number of nitrogens with two attached hydrogens (primary N) is 1. The Morgan fingerprint density at radius 3 is 2.44 bits per heavy atom. The first-order valence-corrected chi connectivity index (χ1v) is 6.98. The van der Waals surface area contributed by atoms with E-state index in [1.165, 1.54) is 0 Å². The SMILES string of the molecule is CCCC(C)CC(=O)C1(c2ccc(N)cc2)CC1. The van der Waals surface area contributed by atoms with Crippen LogP contribution in [0.2, 0.25) is 0 Å². The van der Waals surface area contributed by atoms with Gasteiger partial charge in [-0.25, -0.2) is 0 Å². The van der Waals surface area contributed by atoms with Crippen molar-refractivity contribution in [3.05, 3.63) is 29.8 Å². The van der Waals surface area contributed by atoms with Gasteiger partial charge in [0.05, 0.1) is 5.41 Å². The average molecular weight is 245 g/mol. The molecule has 1 saturated carbocycles. The van der Waals surface area contributed by atoms with Gasteiger partial charge in [-0.05, 0) is 36.5 Å². The van der Waals surface area contributed by atoms with Crippen LogP contribution >= 0.6 is 0 Å². The number of anilines is 1. The number of nitrogen functional groups attached to an aromatic ring is 1. The van der Waals surface area contributed by atoms with Crippen LogP contribution < -0.4 is 5.73 Å². The summed E-state index contributed by atoms with van der Waals surface area (Å²) in [4.78, 5) is 12.5. The van der Waals surface area contributed by atoms with Crippen molar-refractivity contribution in [2.24, 2.45) is 5.92 Å². The summed E-state index contributed by atoms with van der Waals surface area (Å²) in [5.41, 5.74) is 7.45. The average Bonchev–Trinajstić information content (AvgIpc) is 3.11. The largest absolute Gasteiger partial charge is 0.399 e. The van der Waals surface area contributed by atoms with Crippen molar-refractivity contribution < 1.29 is 4.79 Å². The zero-order valence-electron chi connectivity index (χ0n) is 11.4. The smallest absolute Gasteiger partial charge is 0.143 e. The molecule has 2 nitrogen and oxygen atoms in total. The maximum atomic E-state index is 12.5. The van der Waals surface area contributed by atoms with Crippen LogP contribution in [-0.2, 0) is 10.2 Å². The van der Waals surface area contributed by atoms with E-state index in [1.54, 1.807) is 0 Å². The van der Waals surface area contributed by atoms with E-state index in [4.69, 9.17) is 5.73 Å². The number of ketones is 1. The van der Waals surface area contributed by atoms with Crippen molar-refractivity contribution in [1.82, 2.24) is 0 Å². The Kier molecular flexibility index (Phi) is 3.74. The van der Waals surface area contributed by atoms with Gasteiger partial charge in [0.2, 0.25) is 0 Å². The third-order valence-electron chi connectivity index (χ3n) is 4.06. The molecule has 18 heavy (non-hydrogen) atoms. The summed E-state index contributed by atoms with van der Waals surface area (Å²) in [6, 6.07) is 7.84. The number of hydrogen-bond acceptors (Lipinski definition) is 2. The minimum Gasteiger partial charge on any atom is -0.399 e. The molecule has 0 amide bonds. The molecule has 1 aliphatic carbocycles. The molecule has 0 aliphatic heterocycles. The molecule has 2 rings (SSSR count). The fourth-order valence-electron chi connectivity index (χ4n) is 2.76. The monoisotopic (exact) mass is 245 g/mol. The molecule has 1 fully saturated rings. The quantitative estimate of drug-likeness (QED) is 0.777. The van der Waals surface area contributed by atoms with Crippen LogP contribution in [0, 0.1) is 5.92 Å². The standard InChI is InChI=1S/C16H23NO/c1-3-4-12(2)11-15(18)16(9-10-16)13-5-7-14(17)8-6-13/h5-8,12H,3-4,9-11,17H2,1-2H3. The van der Waals surface area contributed by atoms with Gasteiger partial charge in [0.25, 0.3) is 0 Å². The van der Waals surface area contributed by atoms with E-state index in [0.717, 1.165) is 43.4 Å². The summed E-state index contributed by atoms with van der Waals surface area (Å²) in [5.74, 6) is 0.932. The minimum absolute atomic E-state index is 0.171. The van der Waals surface area contributed by atoms with Crippen LogP contribution in [0.15, 0.2) is 24.3 Å². The van der Waals surface area contributed by atoms with E-state index >= 15 is 0 Å². The second-order valence-corrected chi connectivity index (χ2v) is 5.73. The van der Waals surface area contributed by atoms with E-state index in [1.807, 2.05) is 24.3 Å². The van der Waals surface area contributed by atoms with Crippen LogP contribution in [0.5, 0.6) is 0 Å². The Hall–Kier alpha value is -1.31. The fourth-order valence-corrected chi connectivity index (χ4v) is 2.76. The number of carbonyl (C=O) groups excluding carboxylic acids is 1. The molecule has 0 bridgehead atoms. The number of rotatable bonds is 6. The Morgan fingerprint density at radius 1 is 1.33 bits per heavy atom. The predicted molar refractivity (Wildman–Crippen MR) is 75.5 cm³/mol. The zero-order valence-corrected chi connectivity index (χ0v) is 11.4. The highest BCUT2D eigenvalue weighted by Crippen LogP contribution is 2.50. The third kappa shape index (κ3) is 2.58. The number of Topliss-reactive ketones (excluding diaryl/α,β-unsaturated/α-hetero) is 1. The van der Waals surface area contributed by atoms with Gasteiger partial charge in [0.15, 0.2) is 0 Å².